The van der Waals surface area contributed by atoms with E-state index < -0.39 is 5.82 Å². The van der Waals surface area contributed by atoms with Crippen LogP contribution in [0.15, 0.2) is 18.2 Å². The van der Waals surface area contributed by atoms with E-state index in [0.29, 0.717) is 0 Å². The molecule has 1 aromatic heterocycles. The van der Waals surface area contributed by atoms with Gasteiger partial charge in [-0.2, -0.15) is 5.26 Å². The quantitative estimate of drug-likeness (QED) is 0.592. The summed E-state index contributed by atoms with van der Waals surface area (Å²) in [4.78, 5) is 3.90. The number of pyridine rings is 1. The summed E-state index contributed by atoms with van der Waals surface area (Å²) < 4.78 is 12.9. The molecule has 0 aromatic carbocycles. The molecule has 2 nitrogen and oxygen atoms in total. The SMILES string of the molecule is Cc1ccc(F)c(C=CC#N)n1. The Labute approximate surface area is 70.0 Å². The van der Waals surface area contributed by atoms with Crippen LogP contribution in [-0.4, -0.2) is 4.98 Å². The van der Waals surface area contributed by atoms with Gasteiger partial charge in [-0.1, -0.05) is 0 Å². The second kappa shape index (κ2) is 3.63. The Kier molecular flexibility index (Phi) is 2.54. The minimum atomic E-state index is -0.410. The van der Waals surface area contributed by atoms with E-state index >= 15 is 0 Å². The van der Waals surface area contributed by atoms with Gasteiger partial charge in [0.25, 0.3) is 0 Å². The second-order valence-electron chi connectivity index (χ2n) is 2.28. The van der Waals surface area contributed by atoms with Crippen LogP contribution in [0.1, 0.15) is 11.4 Å². The van der Waals surface area contributed by atoms with E-state index in [-0.39, 0.29) is 5.69 Å². The average molecular weight is 162 g/mol. The van der Waals surface area contributed by atoms with E-state index in [1.165, 1.54) is 18.2 Å². The maximum Gasteiger partial charge on any atom is 0.148 e. The molecule has 0 atom stereocenters. The molecule has 1 rings (SSSR count). The van der Waals surface area contributed by atoms with E-state index in [1.807, 2.05) is 0 Å². The number of aryl methyl sites for hydroxylation is 1. The summed E-state index contributed by atoms with van der Waals surface area (Å²) in [6.45, 7) is 1.77. The number of hydrogen-bond donors (Lipinski definition) is 0. The molecule has 0 saturated heterocycles. The van der Waals surface area contributed by atoms with Gasteiger partial charge in [0.05, 0.1) is 11.8 Å². The Morgan fingerprint density at radius 1 is 1.58 bits per heavy atom. The van der Waals surface area contributed by atoms with Gasteiger partial charge in [0, 0.05) is 11.8 Å². The van der Waals surface area contributed by atoms with Crippen molar-refractivity contribution >= 4 is 6.08 Å². The van der Waals surface area contributed by atoms with Gasteiger partial charge in [0.2, 0.25) is 0 Å². The first kappa shape index (κ1) is 8.41. The van der Waals surface area contributed by atoms with Crippen LogP contribution in [0.4, 0.5) is 4.39 Å². The molecule has 0 aliphatic heterocycles. The van der Waals surface area contributed by atoms with Crippen molar-refractivity contribution in [1.82, 2.24) is 4.98 Å². The molecule has 0 saturated carbocycles. The van der Waals surface area contributed by atoms with E-state index in [1.54, 1.807) is 19.1 Å². The first-order chi connectivity index (χ1) is 5.74. The molecular formula is C9H7FN2. The van der Waals surface area contributed by atoms with Gasteiger partial charge in [0.1, 0.15) is 5.82 Å². The molecule has 0 aliphatic rings. The summed E-state index contributed by atoms with van der Waals surface area (Å²) in [5.41, 5.74) is 0.936. The first-order valence-electron chi connectivity index (χ1n) is 3.43. The summed E-state index contributed by atoms with van der Waals surface area (Å²) in [6, 6.07) is 4.69. The number of nitrogens with zero attached hydrogens (tertiary/aromatic N) is 2. The maximum atomic E-state index is 12.9. The molecule has 0 radical (unpaired) electrons. The highest BCUT2D eigenvalue weighted by Crippen LogP contribution is 2.06. The van der Waals surface area contributed by atoms with E-state index in [2.05, 4.69) is 4.98 Å². The Balaban J connectivity index is 3.07. The molecule has 0 bridgehead atoms. The average Bonchev–Trinajstić information content (AvgIpc) is 2.07. The lowest BCUT2D eigenvalue weighted by atomic mass is 10.3. The smallest absolute Gasteiger partial charge is 0.148 e. The van der Waals surface area contributed by atoms with E-state index in [0.717, 1.165) is 5.69 Å². The third-order valence-corrected chi connectivity index (χ3v) is 1.33. The fourth-order valence-electron chi connectivity index (χ4n) is 0.793. The van der Waals surface area contributed by atoms with Gasteiger partial charge < -0.3 is 0 Å². The highest BCUT2D eigenvalue weighted by atomic mass is 19.1. The zero-order chi connectivity index (χ0) is 8.97. The normalized spacial score (nSPS) is 10.1. The monoisotopic (exact) mass is 162 g/mol. The molecule has 0 unspecified atom stereocenters. The predicted molar refractivity (Wildman–Crippen MR) is 43.6 cm³/mol. The number of allylic oxidation sites excluding steroid dienone is 1. The fraction of sp³-hybridized carbons (Fsp3) is 0.111. The first-order valence-corrected chi connectivity index (χ1v) is 3.43. The van der Waals surface area contributed by atoms with Gasteiger partial charge in [-0.3, -0.25) is 4.98 Å². The molecule has 3 heteroatoms. The molecule has 1 heterocycles. The van der Waals surface area contributed by atoms with Crippen LogP contribution in [0, 0.1) is 24.1 Å². The van der Waals surface area contributed by atoms with Crippen molar-refractivity contribution in [3.05, 3.63) is 35.4 Å². The number of rotatable bonds is 1. The van der Waals surface area contributed by atoms with Crippen molar-refractivity contribution in [2.45, 2.75) is 6.92 Å². The molecular weight excluding hydrogens is 155 g/mol. The van der Waals surface area contributed by atoms with Gasteiger partial charge in [-0.15, -0.1) is 0 Å². The van der Waals surface area contributed by atoms with Crippen molar-refractivity contribution in [3.8, 4) is 6.07 Å². The maximum absolute atomic E-state index is 12.9. The highest BCUT2D eigenvalue weighted by Gasteiger charge is 1.98. The number of nitriles is 1. The van der Waals surface area contributed by atoms with Crippen LogP contribution < -0.4 is 0 Å². The Morgan fingerprint density at radius 2 is 2.33 bits per heavy atom. The van der Waals surface area contributed by atoms with Crippen molar-refractivity contribution in [2.24, 2.45) is 0 Å². The molecule has 60 valence electrons. The highest BCUT2D eigenvalue weighted by molar-refractivity contribution is 5.48. The van der Waals surface area contributed by atoms with Crippen molar-refractivity contribution in [2.75, 3.05) is 0 Å². The van der Waals surface area contributed by atoms with Crippen LogP contribution in [0.5, 0.6) is 0 Å². The molecule has 12 heavy (non-hydrogen) atoms. The van der Waals surface area contributed by atoms with E-state index in [4.69, 9.17) is 5.26 Å². The molecule has 1 aromatic rings. The van der Waals surface area contributed by atoms with E-state index in [9.17, 15) is 4.39 Å². The number of aromatic nitrogens is 1. The molecule has 0 fully saturated rings. The lowest BCUT2D eigenvalue weighted by molar-refractivity contribution is 0.616. The zero-order valence-electron chi connectivity index (χ0n) is 6.58. The van der Waals surface area contributed by atoms with Crippen LogP contribution in [0.25, 0.3) is 6.08 Å². The van der Waals surface area contributed by atoms with Crippen molar-refractivity contribution in [1.29, 1.82) is 5.26 Å². The summed E-state index contributed by atoms with van der Waals surface area (Å²) >= 11 is 0. The third kappa shape index (κ3) is 1.89. The van der Waals surface area contributed by atoms with Gasteiger partial charge in [-0.05, 0) is 25.1 Å². The summed E-state index contributed by atoms with van der Waals surface area (Å²) in [7, 11) is 0. The van der Waals surface area contributed by atoms with Crippen LogP contribution in [0.2, 0.25) is 0 Å². The largest absolute Gasteiger partial charge is 0.251 e. The Hall–Kier alpha value is -1.69. The van der Waals surface area contributed by atoms with Gasteiger partial charge >= 0.3 is 0 Å². The van der Waals surface area contributed by atoms with Gasteiger partial charge in [0.15, 0.2) is 0 Å². The van der Waals surface area contributed by atoms with Crippen LogP contribution in [0.3, 0.4) is 0 Å². The molecule has 0 aliphatic carbocycles. The Morgan fingerprint density at radius 3 is 3.00 bits per heavy atom. The molecule has 0 spiro atoms. The zero-order valence-corrected chi connectivity index (χ0v) is 6.58. The fourth-order valence-corrected chi connectivity index (χ4v) is 0.793. The topological polar surface area (TPSA) is 36.7 Å². The lowest BCUT2D eigenvalue weighted by Gasteiger charge is -1.95. The van der Waals surface area contributed by atoms with Gasteiger partial charge in [-0.25, -0.2) is 4.39 Å². The van der Waals surface area contributed by atoms with Crippen LogP contribution in [-0.2, 0) is 0 Å². The molecule has 0 N–H and O–H groups in total. The van der Waals surface area contributed by atoms with Crippen LogP contribution >= 0.6 is 0 Å². The number of hydrogen-bond acceptors (Lipinski definition) is 2. The Bertz CT molecular complexity index is 350. The summed E-state index contributed by atoms with van der Waals surface area (Å²) in [5.74, 6) is -0.410. The predicted octanol–water partition coefficient (Wildman–Crippen LogP) is 2.07. The summed E-state index contributed by atoms with van der Waals surface area (Å²) in [6.07, 6.45) is 2.55. The minimum absolute atomic E-state index is 0.205. The minimum Gasteiger partial charge on any atom is -0.251 e. The van der Waals surface area contributed by atoms with Crippen molar-refractivity contribution in [3.63, 3.8) is 0 Å². The molecule has 0 amide bonds. The standard InChI is InChI=1S/C9H7FN2/c1-7-4-5-8(10)9(12-7)3-2-6-11/h2-5H,1H3. The summed E-state index contributed by atoms with van der Waals surface area (Å²) in [5, 5.41) is 8.20. The lowest BCUT2D eigenvalue weighted by Crippen LogP contribution is -1.89. The number of halogens is 1. The third-order valence-electron chi connectivity index (χ3n) is 1.33. The second-order valence-corrected chi connectivity index (χ2v) is 2.28. The van der Waals surface area contributed by atoms with Crippen molar-refractivity contribution < 1.29 is 4.39 Å².